The van der Waals surface area contributed by atoms with Crippen LogP contribution in [0.25, 0.3) is 0 Å². The first-order valence-electron chi connectivity index (χ1n) is 0. The average molecular weight is 140 g/mol. The summed E-state index contributed by atoms with van der Waals surface area (Å²) in [6.45, 7) is 0. The van der Waals surface area contributed by atoms with E-state index < -0.39 is 0 Å². The summed E-state index contributed by atoms with van der Waals surface area (Å²) in [6, 6.07) is 0. The number of hydrogen-bond donors (Lipinski definition) is 0. The van der Waals surface area contributed by atoms with Gasteiger partial charge < -0.3 is 11.0 Å². The summed E-state index contributed by atoms with van der Waals surface area (Å²) in [4.78, 5) is 0. The van der Waals surface area contributed by atoms with Crippen molar-refractivity contribution in [3.8, 4) is 0 Å². The Morgan fingerprint density at radius 2 is 0.750 bits per heavy atom. The molecular formula is CrFeO2+2. The summed E-state index contributed by atoms with van der Waals surface area (Å²) >= 11 is 0. The molecule has 0 saturated carbocycles. The second-order valence-electron chi connectivity index (χ2n) is 0. The first-order valence-corrected chi connectivity index (χ1v) is 0. The van der Waals surface area contributed by atoms with Crippen LogP contribution in [0.5, 0.6) is 0 Å². The van der Waals surface area contributed by atoms with Crippen molar-refractivity contribution in [1.29, 1.82) is 0 Å². The summed E-state index contributed by atoms with van der Waals surface area (Å²) in [5, 5.41) is 0. The van der Waals surface area contributed by atoms with Crippen molar-refractivity contribution >= 4 is 0 Å². The van der Waals surface area contributed by atoms with Gasteiger partial charge in [-0.05, 0) is 0 Å². The zero-order chi connectivity index (χ0) is 0. The van der Waals surface area contributed by atoms with Crippen molar-refractivity contribution in [2.75, 3.05) is 0 Å². The fourth-order valence-corrected chi connectivity index (χ4v) is 0. The fraction of sp³-hybridized carbons (Fsp3) is 0. The molecule has 0 aromatic heterocycles. The van der Waals surface area contributed by atoms with E-state index in [1.54, 1.807) is 0 Å². The van der Waals surface area contributed by atoms with Crippen LogP contribution in [0.1, 0.15) is 0 Å². The van der Waals surface area contributed by atoms with E-state index in [1.807, 2.05) is 0 Å². The fourth-order valence-electron chi connectivity index (χ4n) is 0. The Morgan fingerprint density at radius 1 is 0.750 bits per heavy atom. The van der Waals surface area contributed by atoms with Gasteiger partial charge in [-0.3, -0.25) is 0 Å². The van der Waals surface area contributed by atoms with Crippen LogP contribution < -0.4 is 0 Å². The van der Waals surface area contributed by atoms with Crippen molar-refractivity contribution in [3.05, 3.63) is 0 Å². The summed E-state index contributed by atoms with van der Waals surface area (Å²) in [6.07, 6.45) is 0. The van der Waals surface area contributed by atoms with Crippen molar-refractivity contribution in [2.24, 2.45) is 0 Å². The molecule has 0 aromatic rings. The van der Waals surface area contributed by atoms with Crippen LogP contribution in [0.3, 0.4) is 0 Å². The minimum Gasteiger partial charge on any atom is -2.00 e. The molecule has 2 radical (unpaired) electrons. The van der Waals surface area contributed by atoms with Crippen LogP contribution in [0.4, 0.5) is 0 Å². The molecule has 4 heavy (non-hydrogen) atoms. The molecule has 4 heteroatoms. The summed E-state index contributed by atoms with van der Waals surface area (Å²) < 4.78 is 0. The first kappa shape index (κ1) is 83.0. The maximum Gasteiger partial charge on any atom is 3.00 e. The van der Waals surface area contributed by atoms with Crippen LogP contribution in [0, 0.1) is 0 Å². The Hall–Kier alpha value is 0.972. The standard InChI is InChI=1S/Cr.Fe.2O/q2*+3;2*-2. The first-order chi connectivity index (χ1) is 0. The molecule has 0 saturated heterocycles. The molecule has 0 N–H and O–H groups in total. The maximum atomic E-state index is 0. The van der Waals surface area contributed by atoms with Gasteiger partial charge in [-0.25, -0.2) is 0 Å². The van der Waals surface area contributed by atoms with Gasteiger partial charge in [0.1, 0.15) is 0 Å². The summed E-state index contributed by atoms with van der Waals surface area (Å²) in [5.74, 6) is 0. The number of hydrogen-bond acceptors (Lipinski definition) is 0. The second kappa shape index (κ2) is 37.1. The van der Waals surface area contributed by atoms with Gasteiger partial charge in [0.15, 0.2) is 0 Å². The average Bonchev–Trinajstić information content (AvgIpc) is 0. The minimum absolute atomic E-state index is 0. The van der Waals surface area contributed by atoms with Crippen LogP contribution in [-0.2, 0) is 45.4 Å². The number of rotatable bonds is 0. The van der Waals surface area contributed by atoms with Gasteiger partial charge in [-0.2, -0.15) is 0 Å². The molecule has 0 spiro atoms. The summed E-state index contributed by atoms with van der Waals surface area (Å²) in [5.41, 5.74) is 0. The Labute approximate surface area is 45.8 Å². The molecule has 0 aliphatic heterocycles. The molecule has 0 heterocycles. The Morgan fingerprint density at radius 3 is 0.750 bits per heavy atom. The Kier molecular flexibility index (Phi) is 771. The third-order valence-corrected chi connectivity index (χ3v) is 0. The van der Waals surface area contributed by atoms with E-state index in [9.17, 15) is 0 Å². The summed E-state index contributed by atoms with van der Waals surface area (Å²) in [7, 11) is 0. The Balaban J connectivity index is 0. The quantitative estimate of drug-likeness (QED) is 0.416. The molecule has 0 bridgehead atoms. The molecule has 0 rings (SSSR count). The molecule has 0 unspecified atom stereocenters. The molecule has 0 aromatic carbocycles. The minimum atomic E-state index is 0. The molecule has 2 nitrogen and oxygen atoms in total. The van der Waals surface area contributed by atoms with Crippen LogP contribution in [0.2, 0.25) is 0 Å². The molecule has 0 amide bonds. The zero-order valence-electron chi connectivity index (χ0n) is 1.58. The molecule has 0 atom stereocenters. The van der Waals surface area contributed by atoms with Crippen LogP contribution >= 0.6 is 0 Å². The van der Waals surface area contributed by atoms with Gasteiger partial charge in [0.05, 0.1) is 0 Å². The van der Waals surface area contributed by atoms with E-state index in [0.717, 1.165) is 0 Å². The molecule has 0 aliphatic rings. The van der Waals surface area contributed by atoms with E-state index in [1.165, 1.54) is 0 Å². The van der Waals surface area contributed by atoms with Crippen molar-refractivity contribution in [2.45, 2.75) is 0 Å². The SMILES string of the molecule is [Cr+3].[Fe+3].[O-2].[O-2]. The maximum absolute atomic E-state index is 0. The third kappa shape index (κ3) is 12.2. The second-order valence-corrected chi connectivity index (χ2v) is 0. The van der Waals surface area contributed by atoms with Crippen molar-refractivity contribution < 1.29 is 45.4 Å². The molecular weight excluding hydrogens is 140 g/mol. The Bertz CT molecular complexity index is 6.00. The smallest absolute Gasteiger partial charge is 2.00 e. The van der Waals surface area contributed by atoms with Gasteiger partial charge in [0, 0.05) is 0 Å². The molecule has 0 aliphatic carbocycles. The van der Waals surface area contributed by atoms with Crippen LogP contribution in [0.15, 0.2) is 0 Å². The van der Waals surface area contributed by atoms with Gasteiger partial charge in [-0.15, -0.1) is 0 Å². The van der Waals surface area contributed by atoms with Gasteiger partial charge in [-0.1, -0.05) is 0 Å². The van der Waals surface area contributed by atoms with E-state index in [-0.39, 0.29) is 45.4 Å². The monoisotopic (exact) mass is 140 g/mol. The van der Waals surface area contributed by atoms with Crippen molar-refractivity contribution in [1.82, 2.24) is 0 Å². The van der Waals surface area contributed by atoms with Gasteiger partial charge in [0.2, 0.25) is 0 Å². The molecule has 0 fully saturated rings. The van der Waals surface area contributed by atoms with E-state index in [4.69, 9.17) is 0 Å². The van der Waals surface area contributed by atoms with E-state index >= 15 is 0 Å². The largest absolute Gasteiger partial charge is 3.00 e. The van der Waals surface area contributed by atoms with Crippen LogP contribution in [-0.4, -0.2) is 0 Å². The van der Waals surface area contributed by atoms with Gasteiger partial charge >= 0.3 is 34.4 Å². The van der Waals surface area contributed by atoms with E-state index in [2.05, 4.69) is 0 Å². The predicted octanol–water partition coefficient (Wildman–Crippen LogP) is -0.243. The molecule has 24 valence electrons. The van der Waals surface area contributed by atoms with Gasteiger partial charge in [0.25, 0.3) is 0 Å². The topological polar surface area (TPSA) is 57.0 Å². The van der Waals surface area contributed by atoms with Crippen molar-refractivity contribution in [3.63, 3.8) is 0 Å². The predicted molar refractivity (Wildman–Crippen MR) is 1.37 cm³/mol. The van der Waals surface area contributed by atoms with E-state index in [0.29, 0.717) is 0 Å². The zero-order valence-corrected chi connectivity index (χ0v) is 3.96. The normalized spacial score (nSPS) is 0. The third-order valence-electron chi connectivity index (χ3n) is 0.